The molecule has 2 aromatic rings. The van der Waals surface area contributed by atoms with Crippen LogP contribution >= 0.6 is 24.8 Å². The van der Waals surface area contributed by atoms with Crippen molar-refractivity contribution in [1.29, 1.82) is 0 Å². The van der Waals surface area contributed by atoms with Gasteiger partial charge < -0.3 is 0 Å². The van der Waals surface area contributed by atoms with Crippen LogP contribution in [0.3, 0.4) is 0 Å². The average Bonchev–Trinajstić information content (AvgIpc) is 3.51. The molecule has 0 spiro atoms. The van der Waals surface area contributed by atoms with Gasteiger partial charge in [0.25, 0.3) is 0 Å². The summed E-state index contributed by atoms with van der Waals surface area (Å²) in [5.74, 6) is 0. The van der Waals surface area contributed by atoms with Crippen molar-refractivity contribution in [2.45, 2.75) is 59.8 Å². The SMILES string of the molecule is CCC1=[C-]C(CC)(C2=CC=CC2)C(CC)=C1CC.Cl.Cl.[Zr]=[C](c1ccccc1)c1ccccc1. The summed E-state index contributed by atoms with van der Waals surface area (Å²) in [6, 6.07) is 21.1. The van der Waals surface area contributed by atoms with Crippen LogP contribution in [0.1, 0.15) is 70.9 Å². The van der Waals surface area contributed by atoms with Gasteiger partial charge >= 0.3 is 99.2 Å². The van der Waals surface area contributed by atoms with Crippen LogP contribution in [-0.2, 0) is 24.2 Å². The van der Waals surface area contributed by atoms with Crippen molar-refractivity contribution in [2.24, 2.45) is 5.41 Å². The second-order valence-corrected chi connectivity index (χ2v) is 9.54. The first-order valence-corrected chi connectivity index (χ1v) is 13.3. The number of hydrogen-bond donors (Lipinski definition) is 0. The Kier molecular flexibility index (Phi) is 13.6. The molecule has 2 aliphatic carbocycles. The number of benzene rings is 2. The van der Waals surface area contributed by atoms with E-state index in [1.54, 1.807) is 16.7 Å². The first kappa shape index (κ1) is 30.8. The van der Waals surface area contributed by atoms with E-state index >= 15 is 0 Å². The molecule has 0 amide bonds. The van der Waals surface area contributed by atoms with Crippen molar-refractivity contribution in [1.82, 2.24) is 0 Å². The molecule has 0 aromatic heterocycles. The molecule has 0 fully saturated rings. The zero-order valence-corrected chi connectivity index (χ0v) is 24.9. The third-order valence-electron chi connectivity index (χ3n) is 6.64. The van der Waals surface area contributed by atoms with E-state index in [-0.39, 0.29) is 30.2 Å². The fourth-order valence-electron chi connectivity index (χ4n) is 5.03. The Bertz CT molecular complexity index is 1000. The Morgan fingerprint density at radius 1 is 0.824 bits per heavy atom. The maximum absolute atomic E-state index is 3.88. The van der Waals surface area contributed by atoms with Crippen molar-refractivity contribution in [2.75, 3.05) is 0 Å². The van der Waals surface area contributed by atoms with Gasteiger partial charge in [-0.3, -0.25) is 6.08 Å². The molecule has 3 heteroatoms. The molecular weight excluding hydrogens is 534 g/mol. The average molecular weight is 572 g/mol. The van der Waals surface area contributed by atoms with Gasteiger partial charge in [0, 0.05) is 0 Å². The van der Waals surface area contributed by atoms with E-state index in [1.807, 2.05) is 0 Å². The van der Waals surface area contributed by atoms with Gasteiger partial charge in [-0.05, 0) is 6.42 Å². The summed E-state index contributed by atoms with van der Waals surface area (Å²) >= 11 is 1.46. The molecule has 0 nitrogen and oxygen atoms in total. The fraction of sp³-hybridized carbons (Fsp3) is 0.323. The summed E-state index contributed by atoms with van der Waals surface area (Å²) in [4.78, 5) is 0. The Labute approximate surface area is 234 Å². The summed E-state index contributed by atoms with van der Waals surface area (Å²) in [5.41, 5.74) is 9.04. The third-order valence-corrected chi connectivity index (χ3v) is 8.06. The second kappa shape index (κ2) is 15.0. The quantitative estimate of drug-likeness (QED) is 0.291. The monoisotopic (exact) mass is 569 g/mol. The molecule has 34 heavy (non-hydrogen) atoms. The van der Waals surface area contributed by atoms with Crippen molar-refractivity contribution >= 4 is 28.0 Å². The van der Waals surface area contributed by atoms with Crippen molar-refractivity contribution in [3.8, 4) is 0 Å². The summed E-state index contributed by atoms with van der Waals surface area (Å²) < 4.78 is 1.42. The van der Waals surface area contributed by atoms with Crippen LogP contribution in [-0.4, -0.2) is 3.21 Å². The molecule has 0 N–H and O–H groups in total. The predicted molar refractivity (Wildman–Crippen MR) is 150 cm³/mol. The summed E-state index contributed by atoms with van der Waals surface area (Å²) in [7, 11) is 0. The normalized spacial score (nSPS) is 18.2. The number of halogens is 2. The van der Waals surface area contributed by atoms with Gasteiger partial charge in [0.2, 0.25) is 0 Å². The zero-order chi connectivity index (χ0) is 23.0. The molecule has 2 aromatic carbocycles. The van der Waals surface area contributed by atoms with Gasteiger partial charge in [-0.15, -0.1) is 24.8 Å². The maximum atomic E-state index is 3.88. The Morgan fingerprint density at radius 3 is 1.76 bits per heavy atom. The van der Waals surface area contributed by atoms with Crippen LogP contribution in [0.15, 0.2) is 101 Å². The summed E-state index contributed by atoms with van der Waals surface area (Å²) in [5, 5.41) is 0. The number of allylic oxidation sites excluding steroid dienone is 8. The molecule has 1 atom stereocenters. The molecule has 4 rings (SSSR count). The molecule has 0 saturated carbocycles. The van der Waals surface area contributed by atoms with Crippen LogP contribution in [0.2, 0.25) is 0 Å². The van der Waals surface area contributed by atoms with Crippen LogP contribution < -0.4 is 0 Å². The van der Waals surface area contributed by atoms with Crippen molar-refractivity contribution in [3.05, 3.63) is 118 Å². The molecule has 0 saturated heterocycles. The van der Waals surface area contributed by atoms with Crippen LogP contribution in [0, 0.1) is 11.5 Å². The van der Waals surface area contributed by atoms with Gasteiger partial charge in [0.15, 0.2) is 0 Å². The summed E-state index contributed by atoms with van der Waals surface area (Å²) in [6.45, 7) is 9.17. The van der Waals surface area contributed by atoms with E-state index in [9.17, 15) is 0 Å². The number of hydrogen-bond acceptors (Lipinski definition) is 0. The molecule has 2 aliphatic rings. The minimum absolute atomic E-state index is 0. The standard InChI is InChI=1S/C18H25.C13H10.2ClH.Zr/c1-5-14-13-18(8-4,15-11-9-10-12-15)17(7-3)16(14)6-2;1-3-7-12(8-4-1)11-13-9-5-2-6-10-13;;;/h9-11H,5-8,12H2,1-4H3;1-10H;2*1H;/q-1;;;;. The van der Waals surface area contributed by atoms with E-state index < -0.39 is 0 Å². The van der Waals surface area contributed by atoms with E-state index in [0.29, 0.717) is 0 Å². The molecule has 0 bridgehead atoms. The van der Waals surface area contributed by atoms with E-state index in [2.05, 4.69) is 113 Å². The van der Waals surface area contributed by atoms with E-state index in [0.717, 1.165) is 32.1 Å². The fourth-order valence-corrected chi connectivity index (χ4v) is 5.85. The van der Waals surface area contributed by atoms with Crippen LogP contribution in [0.4, 0.5) is 0 Å². The van der Waals surface area contributed by atoms with Gasteiger partial charge in [-0.25, -0.2) is 5.57 Å². The minimum atomic E-state index is 0. The van der Waals surface area contributed by atoms with Gasteiger partial charge in [-0.1, -0.05) is 82.6 Å². The predicted octanol–water partition coefficient (Wildman–Crippen LogP) is 9.18. The van der Waals surface area contributed by atoms with Crippen LogP contribution in [0.5, 0.6) is 0 Å². The molecular formula is C31H37Cl2Zr-. The molecule has 0 heterocycles. The number of rotatable bonds is 7. The van der Waals surface area contributed by atoms with Crippen LogP contribution in [0.25, 0.3) is 0 Å². The molecule has 0 aliphatic heterocycles. The Hall–Kier alpha value is -1.27. The molecule has 1 unspecified atom stereocenters. The first-order chi connectivity index (χ1) is 15.6. The van der Waals surface area contributed by atoms with Crippen molar-refractivity contribution < 1.29 is 24.2 Å². The van der Waals surface area contributed by atoms with E-state index in [1.165, 1.54) is 44.1 Å². The van der Waals surface area contributed by atoms with Gasteiger partial charge in [-0.2, -0.15) is 11.1 Å². The summed E-state index contributed by atoms with van der Waals surface area (Å²) in [6.07, 6.45) is 16.4. The Morgan fingerprint density at radius 2 is 1.38 bits per heavy atom. The molecule has 0 radical (unpaired) electrons. The molecule has 180 valence electrons. The Balaban J connectivity index is 0.000000329. The van der Waals surface area contributed by atoms with Crippen molar-refractivity contribution in [3.63, 3.8) is 0 Å². The van der Waals surface area contributed by atoms with Gasteiger partial charge in [0.1, 0.15) is 0 Å². The second-order valence-electron chi connectivity index (χ2n) is 8.31. The van der Waals surface area contributed by atoms with Gasteiger partial charge in [0.05, 0.1) is 0 Å². The third kappa shape index (κ3) is 6.69. The van der Waals surface area contributed by atoms with E-state index in [4.69, 9.17) is 0 Å². The topological polar surface area (TPSA) is 0 Å². The first-order valence-electron chi connectivity index (χ1n) is 12.0. The zero-order valence-electron chi connectivity index (χ0n) is 20.9.